The van der Waals surface area contributed by atoms with E-state index in [4.69, 9.17) is 8.83 Å². The normalized spacial score (nSPS) is 15.1. The molecular formula is C60H46N2O2. The minimum Gasteiger partial charge on any atom is -0.458 e. The number of pyridine rings is 2. The van der Waals surface area contributed by atoms with Crippen LogP contribution in [-0.4, -0.2) is 9.13 Å². The first-order chi connectivity index (χ1) is 31.0. The van der Waals surface area contributed by atoms with Gasteiger partial charge in [-0.25, -0.2) is 0 Å². The van der Waals surface area contributed by atoms with Gasteiger partial charge in [0.2, 0.25) is 0 Å². The molecule has 0 fully saturated rings. The summed E-state index contributed by atoms with van der Waals surface area (Å²) in [6.07, 6.45) is 5.60. The lowest BCUT2D eigenvalue weighted by atomic mass is 9.74. The molecule has 9 aromatic carbocycles. The Morgan fingerprint density at radius 1 is 0.453 bits per heavy atom. The molecule has 0 bridgehead atoms. The number of hydrogen-bond acceptors (Lipinski definition) is 2. The number of hydrogen-bond donors (Lipinski definition) is 0. The Labute approximate surface area is 369 Å². The van der Waals surface area contributed by atoms with Gasteiger partial charge in [-0.15, -0.1) is 0 Å². The lowest BCUT2D eigenvalue weighted by molar-refractivity contribution is 0.283. The molecule has 1 aliphatic rings. The van der Waals surface area contributed by atoms with Crippen molar-refractivity contribution in [2.24, 2.45) is 5.41 Å². The summed E-state index contributed by atoms with van der Waals surface area (Å²) in [5, 5.41) is 16.0. The molecule has 4 nitrogen and oxygen atoms in total. The molecule has 4 aromatic heterocycles. The molecule has 64 heavy (non-hydrogen) atoms. The fourth-order valence-electron chi connectivity index (χ4n) is 11.9. The second kappa shape index (κ2) is 12.2. The van der Waals surface area contributed by atoms with Crippen molar-refractivity contribution in [3.05, 3.63) is 162 Å². The minimum absolute atomic E-state index is 0.0665. The molecule has 1 aliphatic carbocycles. The SMILES string of the molecule is CC(C)(C)c1cccc2c1oc1c(-n3c4ccccc4c4cc5ccc6c7c(cc8ccc3c4c8c57)c3ccccc3n6-c3cccc4c5c(oc34)C(C(C)(C)C)CC=C5)cccc12. The standard InChI is InChI=1S/C60H46N2O2/c1-59(2,3)43-21-11-17-37-39-19-13-25-49(57(39)63-55(37)43)61-45-23-9-7-15-35(45)41-31-34-28-30-48-54-42(32-33-27-29-47(61)53(41)51(33)52(34)54)36-16-8-10-24-46(36)62(48)50-26-14-20-40-38-18-12-22-44(60(4,5)6)56(38)64-58(40)50/h7-21,23-32,44H,22H2,1-6H3. The third kappa shape index (κ3) is 4.62. The van der Waals surface area contributed by atoms with Crippen LogP contribution in [0.25, 0.3) is 126 Å². The van der Waals surface area contributed by atoms with Crippen LogP contribution in [0.5, 0.6) is 0 Å². The lowest BCUT2D eigenvalue weighted by Crippen LogP contribution is -2.19. The number of rotatable bonds is 2. The highest BCUT2D eigenvalue weighted by molar-refractivity contribution is 6.40. The summed E-state index contributed by atoms with van der Waals surface area (Å²) in [6.45, 7) is 13.8. The predicted octanol–water partition coefficient (Wildman–Crippen LogP) is 17.3. The van der Waals surface area contributed by atoms with E-state index in [1.54, 1.807) is 0 Å². The molecule has 13 aromatic rings. The highest BCUT2D eigenvalue weighted by Crippen LogP contribution is 2.51. The molecule has 0 amide bonds. The molecule has 0 aliphatic heterocycles. The smallest absolute Gasteiger partial charge is 0.159 e. The third-order valence-corrected chi connectivity index (χ3v) is 14.7. The van der Waals surface area contributed by atoms with Gasteiger partial charge in [0, 0.05) is 65.5 Å². The molecule has 0 radical (unpaired) electrons. The molecule has 0 saturated carbocycles. The van der Waals surface area contributed by atoms with Gasteiger partial charge in [0.1, 0.15) is 11.3 Å². The average molecular weight is 827 g/mol. The summed E-state index contributed by atoms with van der Waals surface area (Å²) in [5.74, 6) is 1.40. The summed E-state index contributed by atoms with van der Waals surface area (Å²) in [4.78, 5) is 0. The Bertz CT molecular complexity index is 4190. The second-order valence-electron chi connectivity index (χ2n) is 20.4. The molecule has 0 spiro atoms. The van der Waals surface area contributed by atoms with Crippen molar-refractivity contribution in [3.63, 3.8) is 0 Å². The number of para-hydroxylation sites is 5. The summed E-state index contributed by atoms with van der Waals surface area (Å²) in [6, 6.07) is 52.1. The Balaban J connectivity index is 1.12. The van der Waals surface area contributed by atoms with Gasteiger partial charge >= 0.3 is 0 Å². The first-order valence-corrected chi connectivity index (χ1v) is 22.8. The van der Waals surface area contributed by atoms with Crippen molar-refractivity contribution in [2.75, 3.05) is 0 Å². The highest BCUT2D eigenvalue weighted by atomic mass is 16.3. The zero-order valence-corrected chi connectivity index (χ0v) is 36.9. The second-order valence-corrected chi connectivity index (χ2v) is 20.4. The third-order valence-electron chi connectivity index (χ3n) is 14.7. The van der Waals surface area contributed by atoms with Gasteiger partial charge in [-0.2, -0.15) is 0 Å². The molecule has 1 atom stereocenters. The van der Waals surface area contributed by atoms with E-state index in [0.29, 0.717) is 5.92 Å². The minimum atomic E-state index is -0.0703. The van der Waals surface area contributed by atoms with E-state index >= 15 is 0 Å². The monoisotopic (exact) mass is 826 g/mol. The van der Waals surface area contributed by atoms with E-state index in [0.717, 1.165) is 67.6 Å². The van der Waals surface area contributed by atoms with E-state index in [2.05, 4.69) is 202 Å². The van der Waals surface area contributed by atoms with E-state index in [1.165, 1.54) is 75.9 Å². The van der Waals surface area contributed by atoms with Crippen LogP contribution in [0.1, 0.15) is 70.8 Å². The number of benzene rings is 9. The molecule has 4 heterocycles. The van der Waals surface area contributed by atoms with E-state index < -0.39 is 0 Å². The summed E-state index contributed by atoms with van der Waals surface area (Å²) in [7, 11) is 0. The van der Waals surface area contributed by atoms with Crippen molar-refractivity contribution >= 4 is 115 Å². The van der Waals surface area contributed by atoms with E-state index in [-0.39, 0.29) is 10.8 Å². The van der Waals surface area contributed by atoms with Crippen LogP contribution in [0, 0.1) is 5.41 Å². The zero-order chi connectivity index (χ0) is 43.0. The topological polar surface area (TPSA) is 36.1 Å². The van der Waals surface area contributed by atoms with Gasteiger partial charge in [-0.05, 0) is 87.3 Å². The number of nitrogens with zero attached hydrogens (tertiary/aromatic N) is 2. The van der Waals surface area contributed by atoms with Crippen molar-refractivity contribution in [1.82, 2.24) is 9.13 Å². The van der Waals surface area contributed by atoms with E-state index in [9.17, 15) is 0 Å². The van der Waals surface area contributed by atoms with Crippen LogP contribution < -0.4 is 0 Å². The zero-order valence-electron chi connectivity index (χ0n) is 36.9. The van der Waals surface area contributed by atoms with Crippen molar-refractivity contribution in [2.45, 2.75) is 59.3 Å². The first-order valence-electron chi connectivity index (χ1n) is 22.8. The predicted molar refractivity (Wildman–Crippen MR) is 270 cm³/mol. The summed E-state index contributed by atoms with van der Waals surface area (Å²) in [5.41, 5.74) is 12.0. The molecule has 308 valence electrons. The van der Waals surface area contributed by atoms with Crippen molar-refractivity contribution in [1.29, 1.82) is 0 Å². The average Bonchev–Trinajstić information content (AvgIpc) is 3.88. The van der Waals surface area contributed by atoms with Gasteiger partial charge in [-0.3, -0.25) is 0 Å². The number of allylic oxidation sites excluding steroid dienone is 1. The van der Waals surface area contributed by atoms with Crippen LogP contribution in [0.3, 0.4) is 0 Å². The summed E-state index contributed by atoms with van der Waals surface area (Å²) >= 11 is 0. The Hall–Kier alpha value is -7.30. The summed E-state index contributed by atoms with van der Waals surface area (Å²) < 4.78 is 19.1. The van der Waals surface area contributed by atoms with Crippen LogP contribution in [-0.2, 0) is 5.41 Å². The molecule has 4 heteroatoms. The van der Waals surface area contributed by atoms with Gasteiger partial charge in [0.05, 0.1) is 33.4 Å². The molecule has 1 unspecified atom stereocenters. The van der Waals surface area contributed by atoms with Crippen molar-refractivity contribution in [3.8, 4) is 11.4 Å². The van der Waals surface area contributed by atoms with Gasteiger partial charge in [0.15, 0.2) is 11.2 Å². The van der Waals surface area contributed by atoms with Gasteiger partial charge in [-0.1, -0.05) is 145 Å². The maximum atomic E-state index is 7.13. The Kier molecular flexibility index (Phi) is 6.92. The number of aromatic nitrogens is 2. The van der Waals surface area contributed by atoms with Crippen LogP contribution in [0.15, 0.2) is 154 Å². The first kappa shape index (κ1) is 36.2. The molecule has 0 saturated heterocycles. The van der Waals surface area contributed by atoms with Crippen LogP contribution in [0.2, 0.25) is 0 Å². The van der Waals surface area contributed by atoms with Crippen LogP contribution >= 0.6 is 0 Å². The maximum Gasteiger partial charge on any atom is 0.159 e. The van der Waals surface area contributed by atoms with Crippen molar-refractivity contribution < 1.29 is 8.83 Å². The van der Waals surface area contributed by atoms with E-state index in [1.807, 2.05) is 0 Å². The number of furan rings is 2. The Morgan fingerprint density at radius 3 is 1.55 bits per heavy atom. The largest absolute Gasteiger partial charge is 0.458 e. The quantitative estimate of drug-likeness (QED) is 0.129. The molecule has 0 N–H and O–H groups in total. The van der Waals surface area contributed by atoms with Gasteiger partial charge in [0.25, 0.3) is 0 Å². The fraction of sp³-hybridized carbons (Fsp3) is 0.167. The fourth-order valence-corrected chi connectivity index (χ4v) is 11.9. The number of fused-ring (bicyclic) bond motifs is 10. The van der Waals surface area contributed by atoms with Crippen LogP contribution in [0.4, 0.5) is 0 Å². The Morgan fingerprint density at radius 2 is 0.969 bits per heavy atom. The molecule has 14 rings (SSSR count). The lowest BCUT2D eigenvalue weighted by Gasteiger charge is -2.30. The highest BCUT2D eigenvalue weighted by Gasteiger charge is 2.34. The van der Waals surface area contributed by atoms with Gasteiger partial charge < -0.3 is 18.0 Å². The molecular weight excluding hydrogens is 781 g/mol. The maximum absolute atomic E-state index is 7.13.